The van der Waals surface area contributed by atoms with E-state index in [1.165, 1.54) is 0 Å². The Labute approximate surface area is 166 Å². The van der Waals surface area contributed by atoms with Crippen molar-refractivity contribution < 1.29 is 9.47 Å². The zero-order valence-electron chi connectivity index (χ0n) is 16.2. The van der Waals surface area contributed by atoms with Crippen molar-refractivity contribution in [1.82, 2.24) is 35.0 Å². The largest absolute Gasteiger partial charge is 0.484 e. The molecule has 4 aromatic heterocycles. The number of aromatic amines is 2. The maximum Gasteiger partial charge on any atom is 0.160 e. The molecule has 1 aliphatic rings. The molecular formula is C19H22N8O2. The third-order valence-electron chi connectivity index (χ3n) is 4.98. The van der Waals surface area contributed by atoms with E-state index in [1.54, 1.807) is 29.3 Å². The first-order valence-corrected chi connectivity index (χ1v) is 9.59. The van der Waals surface area contributed by atoms with E-state index in [0.29, 0.717) is 24.2 Å². The second-order valence-electron chi connectivity index (χ2n) is 7.37. The van der Waals surface area contributed by atoms with Crippen molar-refractivity contribution in [3.8, 4) is 5.75 Å². The van der Waals surface area contributed by atoms with Crippen LogP contribution in [-0.4, -0.2) is 47.7 Å². The second kappa shape index (κ2) is 7.21. The number of nitrogens with one attached hydrogen (secondary N) is 3. The number of nitrogens with zero attached hydrogens (tertiary/aromatic N) is 5. The SMILES string of the molecule is CC(C)c1[nH]ncc1O[C@@H]1CO[C@H](c2cc(Nc3nccn4nccc34)n[nH]2)C1. The third kappa shape index (κ3) is 3.42. The molecule has 0 saturated carbocycles. The summed E-state index contributed by atoms with van der Waals surface area (Å²) in [6.45, 7) is 4.73. The molecule has 0 radical (unpaired) electrons. The van der Waals surface area contributed by atoms with Gasteiger partial charge in [0.25, 0.3) is 0 Å². The molecule has 0 aromatic carbocycles. The molecular weight excluding hydrogens is 372 g/mol. The molecule has 0 spiro atoms. The average Bonchev–Trinajstić information content (AvgIpc) is 3.49. The summed E-state index contributed by atoms with van der Waals surface area (Å²) >= 11 is 0. The number of anilines is 2. The molecule has 29 heavy (non-hydrogen) atoms. The molecule has 5 rings (SSSR count). The maximum absolute atomic E-state index is 6.11. The molecule has 0 amide bonds. The van der Waals surface area contributed by atoms with Crippen LogP contribution < -0.4 is 10.1 Å². The summed E-state index contributed by atoms with van der Waals surface area (Å²) in [6.07, 6.45) is 7.56. The molecule has 4 aromatic rings. The van der Waals surface area contributed by atoms with Crippen LogP contribution in [0.2, 0.25) is 0 Å². The van der Waals surface area contributed by atoms with Crippen LogP contribution in [0.3, 0.4) is 0 Å². The zero-order chi connectivity index (χ0) is 19.8. The first kappa shape index (κ1) is 17.7. The van der Waals surface area contributed by atoms with Gasteiger partial charge in [-0.15, -0.1) is 0 Å². The van der Waals surface area contributed by atoms with Crippen LogP contribution in [0.5, 0.6) is 5.75 Å². The van der Waals surface area contributed by atoms with E-state index in [-0.39, 0.29) is 12.2 Å². The molecule has 1 fully saturated rings. The van der Waals surface area contributed by atoms with Gasteiger partial charge in [-0.25, -0.2) is 9.50 Å². The van der Waals surface area contributed by atoms with Gasteiger partial charge in [0.05, 0.1) is 30.4 Å². The highest BCUT2D eigenvalue weighted by Gasteiger charge is 2.30. The second-order valence-corrected chi connectivity index (χ2v) is 7.37. The number of rotatable bonds is 6. The molecule has 150 valence electrons. The fourth-order valence-electron chi connectivity index (χ4n) is 3.51. The molecule has 0 unspecified atom stereocenters. The minimum Gasteiger partial charge on any atom is -0.484 e. The van der Waals surface area contributed by atoms with E-state index in [1.807, 2.05) is 12.1 Å². The molecule has 10 heteroatoms. The number of aromatic nitrogens is 7. The predicted molar refractivity (Wildman–Crippen MR) is 105 cm³/mol. The summed E-state index contributed by atoms with van der Waals surface area (Å²) in [5.74, 6) is 2.48. The minimum atomic E-state index is -0.101. The fraction of sp³-hybridized carbons (Fsp3) is 0.368. The lowest BCUT2D eigenvalue weighted by Crippen LogP contribution is -2.16. The van der Waals surface area contributed by atoms with E-state index < -0.39 is 0 Å². The summed E-state index contributed by atoms with van der Waals surface area (Å²) in [5, 5.41) is 21.9. The summed E-state index contributed by atoms with van der Waals surface area (Å²) in [6, 6.07) is 3.83. The van der Waals surface area contributed by atoms with Gasteiger partial charge in [-0.05, 0) is 12.0 Å². The number of fused-ring (bicyclic) bond motifs is 1. The van der Waals surface area contributed by atoms with Crippen LogP contribution >= 0.6 is 0 Å². The maximum atomic E-state index is 6.11. The Hall–Kier alpha value is -3.40. The van der Waals surface area contributed by atoms with E-state index in [9.17, 15) is 0 Å². The van der Waals surface area contributed by atoms with Crippen molar-refractivity contribution >= 4 is 17.2 Å². The summed E-state index contributed by atoms with van der Waals surface area (Å²) in [7, 11) is 0. The highest BCUT2D eigenvalue weighted by Crippen LogP contribution is 2.33. The number of ether oxygens (including phenoxy) is 2. The third-order valence-corrected chi connectivity index (χ3v) is 4.98. The van der Waals surface area contributed by atoms with Crippen LogP contribution in [0.4, 0.5) is 11.6 Å². The molecule has 1 saturated heterocycles. The molecule has 0 bridgehead atoms. The Balaban J connectivity index is 1.25. The fourth-order valence-corrected chi connectivity index (χ4v) is 3.51. The van der Waals surface area contributed by atoms with Crippen LogP contribution in [-0.2, 0) is 4.74 Å². The van der Waals surface area contributed by atoms with Gasteiger partial charge in [-0.1, -0.05) is 13.8 Å². The van der Waals surface area contributed by atoms with Crippen LogP contribution in [0, 0.1) is 0 Å². The first-order valence-electron chi connectivity index (χ1n) is 9.59. The monoisotopic (exact) mass is 394 g/mol. The van der Waals surface area contributed by atoms with Crippen molar-refractivity contribution in [3.05, 3.63) is 48.3 Å². The van der Waals surface area contributed by atoms with Crippen LogP contribution in [0.15, 0.2) is 36.9 Å². The molecule has 2 atom stereocenters. The lowest BCUT2D eigenvalue weighted by atomic mass is 10.1. The van der Waals surface area contributed by atoms with Gasteiger partial charge in [0, 0.05) is 24.9 Å². The normalized spacial score (nSPS) is 19.3. The topological polar surface area (TPSA) is 118 Å². The molecule has 10 nitrogen and oxygen atoms in total. The Bertz CT molecular complexity index is 1110. The van der Waals surface area contributed by atoms with Gasteiger partial charge in [-0.2, -0.15) is 15.3 Å². The highest BCUT2D eigenvalue weighted by atomic mass is 16.6. The van der Waals surface area contributed by atoms with Crippen molar-refractivity contribution in [1.29, 1.82) is 0 Å². The van der Waals surface area contributed by atoms with Gasteiger partial charge in [0.15, 0.2) is 17.4 Å². The Morgan fingerprint density at radius 2 is 2.24 bits per heavy atom. The molecule has 3 N–H and O–H groups in total. The lowest BCUT2D eigenvalue weighted by molar-refractivity contribution is 0.0917. The zero-order valence-corrected chi connectivity index (χ0v) is 16.2. The van der Waals surface area contributed by atoms with Crippen LogP contribution in [0.25, 0.3) is 5.52 Å². The van der Waals surface area contributed by atoms with E-state index in [0.717, 1.165) is 29.1 Å². The smallest absolute Gasteiger partial charge is 0.160 e. The van der Waals surface area contributed by atoms with E-state index in [2.05, 4.69) is 49.6 Å². The van der Waals surface area contributed by atoms with Crippen molar-refractivity contribution in [2.75, 3.05) is 11.9 Å². The number of hydrogen-bond donors (Lipinski definition) is 3. The van der Waals surface area contributed by atoms with Gasteiger partial charge in [-0.3, -0.25) is 10.2 Å². The highest BCUT2D eigenvalue weighted by molar-refractivity contribution is 5.71. The summed E-state index contributed by atoms with van der Waals surface area (Å²) < 4.78 is 13.8. The Kier molecular flexibility index (Phi) is 4.39. The Morgan fingerprint density at radius 1 is 1.31 bits per heavy atom. The number of H-pyrrole nitrogens is 2. The quantitative estimate of drug-likeness (QED) is 0.460. The first-order chi connectivity index (χ1) is 14.2. The van der Waals surface area contributed by atoms with Gasteiger partial charge >= 0.3 is 0 Å². The predicted octanol–water partition coefficient (Wildman–Crippen LogP) is 2.95. The van der Waals surface area contributed by atoms with Crippen LogP contribution in [0.1, 0.15) is 43.7 Å². The average molecular weight is 394 g/mol. The lowest BCUT2D eigenvalue weighted by Gasteiger charge is -2.13. The summed E-state index contributed by atoms with van der Waals surface area (Å²) in [4.78, 5) is 4.37. The van der Waals surface area contributed by atoms with Crippen molar-refractivity contribution in [3.63, 3.8) is 0 Å². The molecule has 1 aliphatic heterocycles. The minimum absolute atomic E-state index is 0.0305. The van der Waals surface area contributed by atoms with Gasteiger partial charge in [0.2, 0.25) is 0 Å². The van der Waals surface area contributed by atoms with Gasteiger partial charge in [0.1, 0.15) is 17.7 Å². The van der Waals surface area contributed by atoms with E-state index in [4.69, 9.17) is 9.47 Å². The van der Waals surface area contributed by atoms with Crippen molar-refractivity contribution in [2.24, 2.45) is 0 Å². The molecule has 0 aliphatic carbocycles. The molecule has 5 heterocycles. The van der Waals surface area contributed by atoms with E-state index >= 15 is 0 Å². The summed E-state index contributed by atoms with van der Waals surface area (Å²) in [5.41, 5.74) is 2.78. The Morgan fingerprint density at radius 3 is 3.14 bits per heavy atom. The number of hydrogen-bond acceptors (Lipinski definition) is 7. The van der Waals surface area contributed by atoms with Crippen molar-refractivity contribution in [2.45, 2.75) is 38.4 Å². The van der Waals surface area contributed by atoms with Gasteiger partial charge < -0.3 is 14.8 Å². The standard InChI is InChI=1S/C19H22N8O2/c1-11(2)18-16(9-21-26-18)29-12-7-15(28-10-12)13-8-17(25-24-13)23-19-14-3-4-22-27(14)6-5-20-19/h3-6,8-9,11-12,15H,7,10H2,1-2H3,(H,21,26)(H2,20,23,24,25)/t12-,15-/m0/s1.